The van der Waals surface area contributed by atoms with Gasteiger partial charge in [0.25, 0.3) is 0 Å². The largest absolute Gasteiger partial charge is 0.373 e. The topological polar surface area (TPSA) is 28.6 Å². The zero-order chi connectivity index (χ0) is 14.8. The van der Waals surface area contributed by atoms with Crippen molar-refractivity contribution in [1.82, 2.24) is 9.88 Å². The maximum absolute atomic E-state index is 12.9. The number of anilines is 1. The van der Waals surface area contributed by atoms with Crippen LogP contribution in [0.3, 0.4) is 0 Å². The molecule has 0 saturated carbocycles. The van der Waals surface area contributed by atoms with Gasteiger partial charge >= 0.3 is 0 Å². The van der Waals surface area contributed by atoms with Crippen molar-refractivity contribution in [2.24, 2.45) is 0 Å². The van der Waals surface area contributed by atoms with Crippen LogP contribution in [-0.2, 0) is 4.74 Å². The second-order valence-corrected chi connectivity index (χ2v) is 6.35. The first-order chi connectivity index (χ1) is 10.1. The first-order valence-electron chi connectivity index (χ1n) is 7.80. The quantitative estimate of drug-likeness (QED) is 0.849. The van der Waals surface area contributed by atoms with Crippen molar-refractivity contribution in [2.45, 2.75) is 32.0 Å². The molecule has 4 nitrogen and oxygen atoms in total. The second-order valence-electron chi connectivity index (χ2n) is 6.35. The van der Waals surface area contributed by atoms with E-state index in [2.05, 4.69) is 40.8 Å². The number of pyridine rings is 1. The van der Waals surface area contributed by atoms with Crippen LogP contribution >= 0.6 is 0 Å². The van der Waals surface area contributed by atoms with Crippen molar-refractivity contribution in [3.8, 4) is 0 Å². The van der Waals surface area contributed by atoms with Gasteiger partial charge < -0.3 is 9.64 Å². The van der Waals surface area contributed by atoms with Crippen LogP contribution in [0.4, 0.5) is 10.1 Å². The summed E-state index contributed by atoms with van der Waals surface area (Å²) in [6.07, 6.45) is 1.48. The summed E-state index contributed by atoms with van der Waals surface area (Å²) < 4.78 is 18.7. The minimum atomic E-state index is -0.641. The van der Waals surface area contributed by atoms with Gasteiger partial charge in [0, 0.05) is 38.4 Å². The molecule has 116 valence electrons. The van der Waals surface area contributed by atoms with Crippen LogP contribution < -0.4 is 4.90 Å². The number of ether oxygens (including phenoxy) is 1. The molecule has 1 aromatic heterocycles. The van der Waals surface area contributed by atoms with E-state index < -0.39 is 6.17 Å². The molecule has 0 radical (unpaired) electrons. The molecule has 0 spiro atoms. The van der Waals surface area contributed by atoms with Gasteiger partial charge in [-0.25, -0.2) is 4.39 Å². The van der Waals surface area contributed by atoms with E-state index in [-0.39, 0.29) is 6.10 Å². The monoisotopic (exact) mass is 293 g/mol. The van der Waals surface area contributed by atoms with Gasteiger partial charge in [0.05, 0.1) is 24.6 Å². The van der Waals surface area contributed by atoms with Gasteiger partial charge in [0.15, 0.2) is 0 Å². The number of hydrogen-bond acceptors (Lipinski definition) is 4. The van der Waals surface area contributed by atoms with Crippen molar-refractivity contribution in [3.05, 3.63) is 24.0 Å². The highest BCUT2D eigenvalue weighted by Crippen LogP contribution is 2.21. The van der Waals surface area contributed by atoms with E-state index in [1.165, 1.54) is 0 Å². The summed E-state index contributed by atoms with van der Waals surface area (Å²) in [5, 5.41) is 0. The highest BCUT2D eigenvalue weighted by molar-refractivity contribution is 5.45. The van der Waals surface area contributed by atoms with E-state index in [1.54, 1.807) is 0 Å². The zero-order valence-electron chi connectivity index (χ0n) is 12.8. The predicted octanol–water partition coefficient (Wildman–Crippen LogP) is 2.06. The summed E-state index contributed by atoms with van der Waals surface area (Å²) in [5.74, 6) is 0.455. The molecule has 21 heavy (non-hydrogen) atoms. The molecule has 2 fully saturated rings. The van der Waals surface area contributed by atoms with Crippen LogP contribution in [0.15, 0.2) is 18.3 Å². The smallest absolute Gasteiger partial charge is 0.125 e. The third kappa shape index (κ3) is 3.52. The van der Waals surface area contributed by atoms with Crippen molar-refractivity contribution < 1.29 is 9.13 Å². The summed E-state index contributed by atoms with van der Waals surface area (Å²) in [7, 11) is 0. The van der Waals surface area contributed by atoms with Crippen LogP contribution in [0.1, 0.15) is 25.5 Å². The minimum Gasteiger partial charge on any atom is -0.373 e. The average Bonchev–Trinajstić information content (AvgIpc) is 2.46. The lowest BCUT2D eigenvalue weighted by Crippen LogP contribution is -2.55. The third-order valence-corrected chi connectivity index (χ3v) is 4.24. The number of aromatic nitrogens is 1. The van der Waals surface area contributed by atoms with E-state index in [9.17, 15) is 4.39 Å². The third-order valence-electron chi connectivity index (χ3n) is 4.24. The molecule has 3 rings (SSSR count). The number of morpholine rings is 1. The molecule has 0 N–H and O–H groups in total. The number of alkyl halides is 1. The lowest BCUT2D eigenvalue weighted by molar-refractivity contribution is -0.0202. The van der Waals surface area contributed by atoms with E-state index in [0.717, 1.165) is 37.6 Å². The van der Waals surface area contributed by atoms with Crippen molar-refractivity contribution in [2.75, 3.05) is 44.2 Å². The fourth-order valence-electron chi connectivity index (χ4n) is 2.93. The molecule has 3 heterocycles. The Morgan fingerprint density at radius 3 is 2.76 bits per heavy atom. The molecular formula is C16H24FN3O. The molecule has 5 heteroatoms. The fourth-order valence-corrected chi connectivity index (χ4v) is 2.93. The van der Waals surface area contributed by atoms with Crippen LogP contribution in [0.5, 0.6) is 0 Å². The maximum atomic E-state index is 12.9. The number of likely N-dealkylation sites (tertiary alicyclic amines) is 1. The Balaban J connectivity index is 1.57. The first-order valence-corrected chi connectivity index (χ1v) is 7.80. The predicted molar refractivity (Wildman–Crippen MR) is 81.6 cm³/mol. The summed E-state index contributed by atoms with van der Waals surface area (Å²) >= 11 is 0. The molecular weight excluding hydrogens is 269 g/mol. The molecule has 1 unspecified atom stereocenters. The van der Waals surface area contributed by atoms with Gasteiger partial charge in [-0.1, -0.05) is 13.8 Å². The Morgan fingerprint density at radius 1 is 1.33 bits per heavy atom. The molecule has 1 aromatic rings. The van der Waals surface area contributed by atoms with Crippen LogP contribution in [0.2, 0.25) is 0 Å². The normalized spacial score (nSPS) is 24.4. The number of halogens is 1. The molecule has 2 saturated heterocycles. The van der Waals surface area contributed by atoms with Crippen molar-refractivity contribution in [1.29, 1.82) is 0 Å². The molecule has 0 amide bonds. The van der Waals surface area contributed by atoms with Gasteiger partial charge in [-0.15, -0.1) is 0 Å². The summed E-state index contributed by atoms with van der Waals surface area (Å²) in [6, 6.07) is 4.25. The Hall–Kier alpha value is -1.20. The van der Waals surface area contributed by atoms with Gasteiger partial charge in [-0.3, -0.25) is 9.88 Å². The number of hydrogen-bond donors (Lipinski definition) is 0. The summed E-state index contributed by atoms with van der Waals surface area (Å²) in [4.78, 5) is 8.98. The van der Waals surface area contributed by atoms with Crippen molar-refractivity contribution >= 4 is 5.69 Å². The van der Waals surface area contributed by atoms with E-state index in [4.69, 9.17) is 4.74 Å². The highest BCUT2D eigenvalue weighted by Gasteiger charge is 2.30. The van der Waals surface area contributed by atoms with Crippen LogP contribution in [0.25, 0.3) is 0 Å². The van der Waals surface area contributed by atoms with E-state index in [1.807, 2.05) is 6.20 Å². The minimum absolute atomic E-state index is 0.163. The Bertz CT molecular complexity index is 459. The molecule has 2 aliphatic heterocycles. The number of rotatable bonds is 4. The van der Waals surface area contributed by atoms with Crippen LogP contribution in [0, 0.1) is 0 Å². The molecule has 0 aliphatic carbocycles. The van der Waals surface area contributed by atoms with Crippen molar-refractivity contribution in [3.63, 3.8) is 0 Å². The Morgan fingerprint density at radius 2 is 2.14 bits per heavy atom. The van der Waals surface area contributed by atoms with Gasteiger partial charge in [0.2, 0.25) is 0 Å². The summed E-state index contributed by atoms with van der Waals surface area (Å²) in [6.45, 7) is 8.73. The Labute approximate surface area is 125 Å². The van der Waals surface area contributed by atoms with Crippen LogP contribution in [-0.4, -0.2) is 61.5 Å². The molecule has 1 atom stereocenters. The fraction of sp³-hybridized carbons (Fsp3) is 0.688. The van der Waals surface area contributed by atoms with Gasteiger partial charge in [-0.2, -0.15) is 0 Å². The van der Waals surface area contributed by atoms with E-state index in [0.29, 0.717) is 19.0 Å². The van der Waals surface area contributed by atoms with Gasteiger partial charge in [0.1, 0.15) is 6.17 Å². The lowest BCUT2D eigenvalue weighted by atomic mass is 10.1. The standard InChI is InChI=1S/C16H24FN3O/c1-12(2)16-4-3-14(7-18-16)20-5-6-21-15(11-20)10-19-8-13(17)9-19/h3-4,7,12-13,15H,5-6,8-11H2,1-2H3. The highest BCUT2D eigenvalue weighted by atomic mass is 19.1. The second kappa shape index (κ2) is 6.28. The Kier molecular flexibility index (Phi) is 4.40. The zero-order valence-corrected chi connectivity index (χ0v) is 12.8. The molecule has 2 aliphatic rings. The molecule has 0 bridgehead atoms. The number of nitrogens with zero attached hydrogens (tertiary/aromatic N) is 3. The lowest BCUT2D eigenvalue weighted by Gasteiger charge is -2.40. The average molecular weight is 293 g/mol. The SMILES string of the molecule is CC(C)c1ccc(N2CCOC(CN3CC(F)C3)C2)cn1. The van der Waals surface area contributed by atoms with E-state index >= 15 is 0 Å². The maximum Gasteiger partial charge on any atom is 0.125 e. The summed E-state index contributed by atoms with van der Waals surface area (Å²) in [5.41, 5.74) is 2.28. The van der Waals surface area contributed by atoms with Gasteiger partial charge in [-0.05, 0) is 18.1 Å². The first kappa shape index (κ1) is 14.7. The molecule has 0 aromatic carbocycles.